The Balaban J connectivity index is 1.71. The van der Waals surface area contributed by atoms with E-state index >= 15 is 0 Å². The van der Waals surface area contributed by atoms with Gasteiger partial charge in [0.2, 0.25) is 5.91 Å². The van der Waals surface area contributed by atoms with Gasteiger partial charge in [-0.25, -0.2) is 9.69 Å². The molecule has 0 saturated carbocycles. The zero-order valence-corrected chi connectivity index (χ0v) is 13.8. The molecule has 1 aliphatic heterocycles. The first-order chi connectivity index (χ1) is 11.9. The third-order valence-corrected chi connectivity index (χ3v) is 3.70. The Hall–Kier alpha value is -3.35. The van der Waals surface area contributed by atoms with Crippen LogP contribution in [0.1, 0.15) is 17.1 Å². The Morgan fingerprint density at radius 3 is 2.60 bits per heavy atom. The third kappa shape index (κ3) is 3.60. The van der Waals surface area contributed by atoms with Gasteiger partial charge in [0.15, 0.2) is 0 Å². The minimum absolute atomic E-state index is 0.112. The molecule has 2 heterocycles. The Morgan fingerprint density at radius 1 is 1.24 bits per heavy atom. The summed E-state index contributed by atoms with van der Waals surface area (Å²) in [6, 6.07) is 9.96. The molecule has 1 fully saturated rings. The van der Waals surface area contributed by atoms with Crippen LogP contribution in [-0.2, 0) is 9.59 Å². The number of hydrogen-bond acceptors (Lipinski definition) is 4. The van der Waals surface area contributed by atoms with Gasteiger partial charge < -0.3 is 15.1 Å². The first kappa shape index (κ1) is 16.5. The normalized spacial score (nSPS) is 15.6. The lowest BCUT2D eigenvalue weighted by molar-refractivity contribution is -0.127. The molecule has 0 bridgehead atoms. The molecule has 1 aromatic heterocycles. The van der Waals surface area contributed by atoms with Gasteiger partial charge in [0, 0.05) is 11.3 Å². The number of hydrogen-bond donors (Lipinski definition) is 2. The van der Waals surface area contributed by atoms with Gasteiger partial charge in [-0.3, -0.25) is 9.59 Å². The quantitative estimate of drug-likeness (QED) is 0.661. The van der Waals surface area contributed by atoms with E-state index in [9.17, 15) is 14.4 Å². The second kappa shape index (κ2) is 6.64. The maximum absolute atomic E-state index is 12.4. The number of benzene rings is 1. The molecule has 0 radical (unpaired) electrons. The highest BCUT2D eigenvalue weighted by molar-refractivity contribution is 6.15. The van der Waals surface area contributed by atoms with Crippen molar-refractivity contribution in [2.75, 3.05) is 11.9 Å². The van der Waals surface area contributed by atoms with Crippen LogP contribution in [0.5, 0.6) is 0 Å². The van der Waals surface area contributed by atoms with E-state index in [1.807, 2.05) is 6.07 Å². The van der Waals surface area contributed by atoms with E-state index in [1.165, 1.54) is 0 Å². The summed E-state index contributed by atoms with van der Waals surface area (Å²) in [7, 11) is 0. The highest BCUT2D eigenvalue weighted by Crippen LogP contribution is 2.19. The van der Waals surface area contributed by atoms with Crippen molar-refractivity contribution in [2.45, 2.75) is 13.8 Å². The van der Waals surface area contributed by atoms with Gasteiger partial charge in [0.05, 0.1) is 0 Å². The molecule has 7 heteroatoms. The first-order valence-corrected chi connectivity index (χ1v) is 7.70. The van der Waals surface area contributed by atoms with E-state index < -0.39 is 17.8 Å². The molecule has 0 aliphatic carbocycles. The van der Waals surface area contributed by atoms with E-state index in [0.717, 1.165) is 4.90 Å². The van der Waals surface area contributed by atoms with Gasteiger partial charge in [0.1, 0.15) is 23.8 Å². The third-order valence-electron chi connectivity index (χ3n) is 3.70. The van der Waals surface area contributed by atoms with Crippen molar-refractivity contribution < 1.29 is 18.8 Å². The predicted molar refractivity (Wildman–Crippen MR) is 91.5 cm³/mol. The number of carbonyl (C=O) groups is 3. The number of amides is 4. The summed E-state index contributed by atoms with van der Waals surface area (Å²) in [6.07, 6.45) is 1.54. The van der Waals surface area contributed by atoms with Crippen LogP contribution in [-0.4, -0.2) is 29.3 Å². The number of rotatable bonds is 4. The number of furan rings is 1. The molecular formula is C18H17N3O4. The smallest absolute Gasteiger partial charge is 0.329 e. The second-order valence-corrected chi connectivity index (χ2v) is 5.66. The van der Waals surface area contributed by atoms with Gasteiger partial charge in [-0.05, 0) is 38.1 Å². The standard InChI is InChI=1S/C18H17N3O4/c1-11-8-13(12(2)25-11)9-15-17(23)21(18(24)20-15)10-16(22)19-14-6-4-3-5-7-14/h3-9H,10H2,1-2H3,(H,19,22)(H,20,24)/b15-9-. The minimum atomic E-state index is -0.627. The summed E-state index contributed by atoms with van der Waals surface area (Å²) in [5.74, 6) is 0.352. The van der Waals surface area contributed by atoms with E-state index in [4.69, 9.17) is 4.42 Å². The molecule has 0 atom stereocenters. The average molecular weight is 339 g/mol. The van der Waals surface area contributed by atoms with Crippen LogP contribution in [0.3, 0.4) is 0 Å². The van der Waals surface area contributed by atoms with Crippen LogP contribution in [0.15, 0.2) is 46.5 Å². The van der Waals surface area contributed by atoms with Crippen LogP contribution in [0.25, 0.3) is 6.08 Å². The second-order valence-electron chi connectivity index (χ2n) is 5.66. The van der Waals surface area contributed by atoms with Crippen LogP contribution < -0.4 is 10.6 Å². The number of para-hydroxylation sites is 1. The summed E-state index contributed by atoms with van der Waals surface area (Å²) in [4.78, 5) is 37.3. The lowest BCUT2D eigenvalue weighted by atomic mass is 10.2. The molecule has 4 amide bonds. The van der Waals surface area contributed by atoms with Crippen molar-refractivity contribution in [1.29, 1.82) is 0 Å². The molecule has 1 aliphatic rings. The topological polar surface area (TPSA) is 91.7 Å². The van der Waals surface area contributed by atoms with Crippen molar-refractivity contribution in [1.82, 2.24) is 10.2 Å². The van der Waals surface area contributed by atoms with Crippen molar-refractivity contribution in [2.24, 2.45) is 0 Å². The predicted octanol–water partition coefficient (Wildman–Crippen LogP) is 2.43. The van der Waals surface area contributed by atoms with Crippen molar-refractivity contribution in [3.8, 4) is 0 Å². The molecule has 128 valence electrons. The molecule has 0 spiro atoms. The lowest BCUT2D eigenvalue weighted by Crippen LogP contribution is -2.38. The first-order valence-electron chi connectivity index (χ1n) is 7.70. The molecule has 1 aromatic carbocycles. The maximum atomic E-state index is 12.4. The van der Waals surface area contributed by atoms with Gasteiger partial charge >= 0.3 is 6.03 Å². The zero-order valence-electron chi connectivity index (χ0n) is 13.8. The fourth-order valence-corrected chi connectivity index (χ4v) is 2.53. The van der Waals surface area contributed by atoms with E-state index in [-0.39, 0.29) is 12.2 Å². The molecule has 7 nitrogen and oxygen atoms in total. The highest BCUT2D eigenvalue weighted by Gasteiger charge is 2.35. The summed E-state index contributed by atoms with van der Waals surface area (Å²) in [6.45, 7) is 3.20. The summed E-state index contributed by atoms with van der Waals surface area (Å²) >= 11 is 0. The van der Waals surface area contributed by atoms with Gasteiger partial charge in [-0.1, -0.05) is 18.2 Å². The number of nitrogens with zero attached hydrogens (tertiary/aromatic N) is 1. The molecule has 0 unspecified atom stereocenters. The van der Waals surface area contributed by atoms with Gasteiger partial charge in [-0.15, -0.1) is 0 Å². The fourth-order valence-electron chi connectivity index (χ4n) is 2.53. The highest BCUT2D eigenvalue weighted by atomic mass is 16.3. The molecule has 2 N–H and O–H groups in total. The number of imide groups is 1. The molecule has 3 rings (SSSR count). The fraction of sp³-hybridized carbons (Fsp3) is 0.167. The number of aryl methyl sites for hydroxylation is 2. The zero-order chi connectivity index (χ0) is 18.0. The summed E-state index contributed by atoms with van der Waals surface area (Å²) in [5.41, 5.74) is 1.41. The lowest BCUT2D eigenvalue weighted by Gasteiger charge is -2.11. The number of urea groups is 1. The van der Waals surface area contributed by atoms with Crippen molar-refractivity contribution >= 4 is 29.6 Å². The molecule has 25 heavy (non-hydrogen) atoms. The molecule has 2 aromatic rings. The van der Waals surface area contributed by atoms with Gasteiger partial charge in [-0.2, -0.15) is 0 Å². The Kier molecular flexibility index (Phi) is 4.38. The number of carbonyl (C=O) groups excluding carboxylic acids is 3. The van der Waals surface area contributed by atoms with E-state index in [0.29, 0.717) is 22.8 Å². The van der Waals surface area contributed by atoms with E-state index in [1.54, 1.807) is 50.3 Å². The maximum Gasteiger partial charge on any atom is 0.329 e. The van der Waals surface area contributed by atoms with Crippen LogP contribution in [0.4, 0.5) is 10.5 Å². The van der Waals surface area contributed by atoms with E-state index in [2.05, 4.69) is 10.6 Å². The monoisotopic (exact) mass is 339 g/mol. The number of anilines is 1. The van der Waals surface area contributed by atoms with Crippen LogP contribution >= 0.6 is 0 Å². The molecular weight excluding hydrogens is 322 g/mol. The summed E-state index contributed by atoms with van der Waals surface area (Å²) in [5, 5.41) is 5.12. The van der Waals surface area contributed by atoms with Crippen molar-refractivity contribution in [3.05, 3.63) is 59.2 Å². The van der Waals surface area contributed by atoms with Crippen molar-refractivity contribution in [3.63, 3.8) is 0 Å². The number of nitrogens with one attached hydrogen (secondary N) is 2. The van der Waals surface area contributed by atoms with Crippen LogP contribution in [0.2, 0.25) is 0 Å². The molecule has 1 saturated heterocycles. The summed E-state index contributed by atoms with van der Waals surface area (Å²) < 4.78 is 5.40. The Bertz CT molecular complexity index is 868. The minimum Gasteiger partial charge on any atom is -0.466 e. The van der Waals surface area contributed by atoms with Crippen LogP contribution in [0, 0.1) is 13.8 Å². The van der Waals surface area contributed by atoms with Gasteiger partial charge in [0.25, 0.3) is 5.91 Å². The Morgan fingerprint density at radius 2 is 1.96 bits per heavy atom. The largest absolute Gasteiger partial charge is 0.466 e. The average Bonchev–Trinajstić information content (AvgIpc) is 3.01. The SMILES string of the molecule is Cc1cc(/C=C2\NC(=O)N(CC(=O)Nc3ccccc3)C2=O)c(C)o1. The Labute approximate surface area is 144 Å².